The fourth-order valence-corrected chi connectivity index (χ4v) is 0.630. The molecule has 0 aliphatic rings. The molecular weight excluding hydrogens is 174 g/mol. The fraction of sp³-hybridized carbons (Fsp3) is 1.00. The number of hydrogen-bond acceptors (Lipinski definition) is 5. The molecule has 0 fully saturated rings. The Bertz CT molecular complexity index is 179. The molecule has 0 saturated heterocycles. The molecule has 0 amide bonds. The molecule has 0 bridgehead atoms. The largest absolute Gasteiger partial charge is 0.750 e. The van der Waals surface area contributed by atoms with Gasteiger partial charge in [-0.3, -0.25) is 14.3 Å². The molecule has 0 aliphatic carbocycles. The van der Waals surface area contributed by atoms with Gasteiger partial charge in [-0.2, -0.15) is 0 Å². The summed E-state index contributed by atoms with van der Waals surface area (Å²) in [5.74, 6) is 0. The van der Waals surface area contributed by atoms with Gasteiger partial charge in [0.05, 0.1) is 11.4 Å². The molecule has 0 aromatic rings. The molecule has 0 spiro atoms. The van der Waals surface area contributed by atoms with Crippen molar-refractivity contribution in [2.45, 2.75) is 19.4 Å². The lowest BCUT2D eigenvalue weighted by Gasteiger charge is -2.15. The SMILES string of the molecule is CC(C)(COS(=O)[O-])[N+](=O)[O-]. The third kappa shape index (κ3) is 4.02. The molecule has 1 unspecified atom stereocenters. The van der Waals surface area contributed by atoms with Crippen molar-refractivity contribution in [1.29, 1.82) is 0 Å². The summed E-state index contributed by atoms with van der Waals surface area (Å²) in [7, 11) is 0. The van der Waals surface area contributed by atoms with Crippen molar-refractivity contribution in [3.63, 3.8) is 0 Å². The Morgan fingerprint density at radius 1 is 1.64 bits per heavy atom. The predicted molar refractivity (Wildman–Crippen MR) is 35.9 cm³/mol. The minimum Gasteiger partial charge on any atom is -0.750 e. The number of rotatable bonds is 4. The van der Waals surface area contributed by atoms with Gasteiger partial charge in [-0.05, 0) is 0 Å². The van der Waals surface area contributed by atoms with E-state index in [1.54, 1.807) is 0 Å². The van der Waals surface area contributed by atoms with Crippen LogP contribution in [0.25, 0.3) is 0 Å². The van der Waals surface area contributed by atoms with Crippen molar-refractivity contribution >= 4 is 11.4 Å². The zero-order valence-electron chi connectivity index (χ0n) is 6.10. The van der Waals surface area contributed by atoms with Gasteiger partial charge < -0.3 is 4.55 Å². The third-order valence-electron chi connectivity index (χ3n) is 1.00. The highest BCUT2D eigenvalue weighted by atomic mass is 32.2. The summed E-state index contributed by atoms with van der Waals surface area (Å²) in [4.78, 5) is 9.56. The van der Waals surface area contributed by atoms with Crippen LogP contribution in [0.2, 0.25) is 0 Å². The standard InChI is InChI=1S/C4H9NO5S/c1-4(2,5(6)7)3-10-11(8)9/h3H2,1-2H3,(H,8,9)/p-1. The second-order valence-electron chi connectivity index (χ2n) is 2.54. The van der Waals surface area contributed by atoms with Crippen LogP contribution in [-0.2, 0) is 15.5 Å². The van der Waals surface area contributed by atoms with Crippen LogP contribution in [0.1, 0.15) is 13.8 Å². The van der Waals surface area contributed by atoms with Gasteiger partial charge in [-0.15, -0.1) is 0 Å². The van der Waals surface area contributed by atoms with E-state index in [0.717, 1.165) is 0 Å². The van der Waals surface area contributed by atoms with E-state index in [1.165, 1.54) is 13.8 Å². The topological polar surface area (TPSA) is 92.5 Å². The van der Waals surface area contributed by atoms with Crippen molar-refractivity contribution in [2.75, 3.05) is 6.61 Å². The fourth-order valence-electron chi connectivity index (χ4n) is 0.245. The van der Waals surface area contributed by atoms with Crippen LogP contribution in [0.3, 0.4) is 0 Å². The second kappa shape index (κ2) is 3.74. The van der Waals surface area contributed by atoms with Gasteiger partial charge in [0.1, 0.15) is 6.61 Å². The molecule has 6 nitrogen and oxygen atoms in total. The Labute approximate surface area is 66.2 Å². The van der Waals surface area contributed by atoms with Crippen LogP contribution in [0.4, 0.5) is 0 Å². The maximum Gasteiger partial charge on any atom is 0.240 e. The lowest BCUT2D eigenvalue weighted by atomic mass is 10.1. The second-order valence-corrected chi connectivity index (χ2v) is 3.18. The molecule has 0 aromatic heterocycles. The van der Waals surface area contributed by atoms with Crippen LogP contribution in [0.15, 0.2) is 0 Å². The van der Waals surface area contributed by atoms with Crippen LogP contribution in [0, 0.1) is 10.1 Å². The van der Waals surface area contributed by atoms with E-state index >= 15 is 0 Å². The summed E-state index contributed by atoms with van der Waals surface area (Å²) in [6.07, 6.45) is 0. The van der Waals surface area contributed by atoms with Crippen molar-refractivity contribution in [3.8, 4) is 0 Å². The Kier molecular flexibility index (Phi) is 3.56. The van der Waals surface area contributed by atoms with E-state index in [9.17, 15) is 18.9 Å². The molecule has 0 saturated carbocycles. The predicted octanol–water partition coefficient (Wildman–Crippen LogP) is -0.148. The minimum atomic E-state index is -2.68. The van der Waals surface area contributed by atoms with E-state index in [2.05, 4.69) is 4.18 Å². The smallest absolute Gasteiger partial charge is 0.240 e. The van der Waals surface area contributed by atoms with Gasteiger partial charge in [0.25, 0.3) is 0 Å². The summed E-state index contributed by atoms with van der Waals surface area (Å²) in [5.41, 5.74) is -1.36. The zero-order valence-corrected chi connectivity index (χ0v) is 6.92. The Hall–Kier alpha value is -0.530. The first-order valence-corrected chi connectivity index (χ1v) is 3.73. The van der Waals surface area contributed by atoms with E-state index in [0.29, 0.717) is 0 Å². The molecule has 0 heterocycles. The molecule has 0 N–H and O–H groups in total. The van der Waals surface area contributed by atoms with Gasteiger partial charge >= 0.3 is 0 Å². The summed E-state index contributed by atoms with van der Waals surface area (Å²) in [6, 6.07) is 0. The van der Waals surface area contributed by atoms with Gasteiger partial charge in [0, 0.05) is 18.8 Å². The molecular formula is C4H8NO5S-. The minimum absolute atomic E-state index is 0.448. The molecule has 1 atom stereocenters. The van der Waals surface area contributed by atoms with Crippen molar-refractivity contribution in [1.82, 2.24) is 0 Å². The van der Waals surface area contributed by atoms with E-state index < -0.39 is 28.4 Å². The maximum absolute atomic E-state index is 10.2. The molecule has 0 radical (unpaired) electrons. The van der Waals surface area contributed by atoms with Crippen LogP contribution < -0.4 is 0 Å². The van der Waals surface area contributed by atoms with Gasteiger partial charge in [0.15, 0.2) is 0 Å². The van der Waals surface area contributed by atoms with Gasteiger partial charge in [0.2, 0.25) is 5.54 Å². The lowest BCUT2D eigenvalue weighted by molar-refractivity contribution is -0.562. The van der Waals surface area contributed by atoms with E-state index in [4.69, 9.17) is 0 Å². The van der Waals surface area contributed by atoms with Crippen LogP contribution >= 0.6 is 0 Å². The summed E-state index contributed by atoms with van der Waals surface area (Å²) in [5, 5.41) is 10.2. The number of nitro groups is 1. The average molecular weight is 182 g/mol. The highest BCUT2D eigenvalue weighted by molar-refractivity contribution is 7.74. The summed E-state index contributed by atoms with van der Waals surface area (Å²) < 4.78 is 23.7. The van der Waals surface area contributed by atoms with Crippen molar-refractivity contribution in [3.05, 3.63) is 10.1 Å². The highest BCUT2D eigenvalue weighted by Crippen LogP contribution is 2.07. The third-order valence-corrected chi connectivity index (χ3v) is 1.31. The quantitative estimate of drug-likeness (QED) is 0.342. The molecule has 7 heteroatoms. The molecule has 66 valence electrons. The summed E-state index contributed by atoms with van der Waals surface area (Å²) in [6.45, 7) is 2.11. The first kappa shape index (κ1) is 10.5. The van der Waals surface area contributed by atoms with Crippen molar-refractivity contribution in [2.24, 2.45) is 0 Å². The first-order valence-electron chi connectivity index (χ1n) is 2.73. The number of hydrogen-bond donors (Lipinski definition) is 0. The first-order chi connectivity index (χ1) is 4.86. The lowest BCUT2D eigenvalue weighted by Crippen LogP contribution is -2.36. The monoisotopic (exact) mass is 182 g/mol. The molecule has 0 aromatic carbocycles. The normalized spacial score (nSPS) is 14.5. The van der Waals surface area contributed by atoms with Crippen LogP contribution in [0.5, 0.6) is 0 Å². The Balaban J connectivity index is 3.92. The highest BCUT2D eigenvalue weighted by Gasteiger charge is 2.31. The van der Waals surface area contributed by atoms with Crippen LogP contribution in [-0.4, -0.2) is 25.8 Å². The molecule has 0 rings (SSSR count). The maximum atomic E-state index is 10.2. The van der Waals surface area contributed by atoms with E-state index in [-0.39, 0.29) is 0 Å². The Morgan fingerprint density at radius 2 is 2.09 bits per heavy atom. The number of nitrogens with zero attached hydrogens (tertiary/aromatic N) is 1. The van der Waals surface area contributed by atoms with Gasteiger partial charge in [-0.1, -0.05) is 0 Å². The molecule has 0 aliphatic heterocycles. The summed E-state index contributed by atoms with van der Waals surface area (Å²) >= 11 is -2.68. The average Bonchev–Trinajstić information content (AvgIpc) is 1.84. The van der Waals surface area contributed by atoms with E-state index in [1.807, 2.05) is 0 Å². The Morgan fingerprint density at radius 3 is 2.36 bits per heavy atom. The van der Waals surface area contributed by atoms with Crippen molar-refractivity contribution < 1.29 is 17.9 Å². The zero-order chi connectivity index (χ0) is 9.07. The van der Waals surface area contributed by atoms with Gasteiger partial charge in [-0.25, -0.2) is 4.21 Å². The molecule has 11 heavy (non-hydrogen) atoms.